The quantitative estimate of drug-likeness (QED) is 0.0262. The van der Waals surface area contributed by atoms with Gasteiger partial charge in [0.25, 0.3) is 0 Å². The fourth-order valence-electron chi connectivity index (χ4n) is 8.29. The van der Waals surface area contributed by atoms with Gasteiger partial charge in [-0.25, -0.2) is 0 Å². The Labute approximate surface area is 404 Å². The van der Waals surface area contributed by atoms with Gasteiger partial charge in [0.15, 0.2) is 6.10 Å². The van der Waals surface area contributed by atoms with Gasteiger partial charge in [-0.2, -0.15) is 0 Å². The van der Waals surface area contributed by atoms with E-state index < -0.39 is 6.10 Å². The van der Waals surface area contributed by atoms with E-state index in [1.165, 1.54) is 180 Å². The Morgan fingerprint density at radius 2 is 0.554 bits per heavy atom. The second-order valence-electron chi connectivity index (χ2n) is 19.2. The molecular formula is C59H108O6. The van der Waals surface area contributed by atoms with Crippen LogP contribution in [-0.2, 0) is 28.6 Å². The normalized spacial score (nSPS) is 12.2. The molecule has 0 saturated carbocycles. The molecule has 0 spiro atoms. The van der Waals surface area contributed by atoms with Crippen LogP contribution in [0.4, 0.5) is 0 Å². The van der Waals surface area contributed by atoms with Crippen LogP contribution in [0.2, 0.25) is 0 Å². The minimum atomic E-state index is -0.778. The van der Waals surface area contributed by atoms with Gasteiger partial charge in [0.2, 0.25) is 0 Å². The molecule has 0 aromatic rings. The lowest BCUT2D eigenvalue weighted by molar-refractivity contribution is -0.167. The first-order valence-corrected chi connectivity index (χ1v) is 28.5. The fraction of sp³-hybridized carbons (Fsp3) is 0.847. The van der Waals surface area contributed by atoms with E-state index >= 15 is 0 Å². The summed E-state index contributed by atoms with van der Waals surface area (Å²) in [5.74, 6) is -0.879. The molecule has 0 bridgehead atoms. The molecule has 0 aromatic heterocycles. The number of allylic oxidation sites excluding steroid dienone is 6. The SMILES string of the molecule is CCCCCC/C=C\C/C=C\CCCCCCCC(=O)OC(COC(=O)CCCCCCCCC/C=C\CCCCCCCCC)COC(=O)CCCCCCCCCCCCCCC. The molecule has 380 valence electrons. The van der Waals surface area contributed by atoms with Crippen molar-refractivity contribution < 1.29 is 28.6 Å². The maximum absolute atomic E-state index is 12.8. The van der Waals surface area contributed by atoms with Crippen molar-refractivity contribution in [3.8, 4) is 0 Å². The number of esters is 3. The highest BCUT2D eigenvalue weighted by atomic mass is 16.6. The summed E-state index contributed by atoms with van der Waals surface area (Å²) in [6, 6.07) is 0. The molecule has 0 N–H and O–H groups in total. The lowest BCUT2D eigenvalue weighted by Crippen LogP contribution is -2.30. The molecule has 65 heavy (non-hydrogen) atoms. The average molecular weight is 914 g/mol. The van der Waals surface area contributed by atoms with Gasteiger partial charge in [0.1, 0.15) is 13.2 Å². The van der Waals surface area contributed by atoms with Crippen molar-refractivity contribution in [2.45, 2.75) is 309 Å². The first-order chi connectivity index (χ1) is 32.0. The number of rotatable bonds is 52. The Hall–Kier alpha value is -2.37. The topological polar surface area (TPSA) is 78.9 Å². The maximum atomic E-state index is 12.8. The Morgan fingerprint density at radius 1 is 0.308 bits per heavy atom. The first kappa shape index (κ1) is 62.6. The number of unbranched alkanes of at least 4 members (excludes halogenated alkanes) is 35. The Bertz CT molecular complexity index is 1090. The van der Waals surface area contributed by atoms with Gasteiger partial charge in [-0.1, -0.05) is 243 Å². The summed E-state index contributed by atoms with van der Waals surface area (Å²) in [6.45, 7) is 6.64. The highest BCUT2D eigenvalue weighted by Crippen LogP contribution is 2.16. The molecule has 0 aliphatic carbocycles. The van der Waals surface area contributed by atoms with E-state index in [1.54, 1.807) is 0 Å². The molecule has 0 saturated heterocycles. The second kappa shape index (κ2) is 54.2. The van der Waals surface area contributed by atoms with Crippen LogP contribution in [0.1, 0.15) is 303 Å². The Kier molecular flexibility index (Phi) is 52.3. The number of ether oxygens (including phenoxy) is 3. The van der Waals surface area contributed by atoms with Gasteiger partial charge in [-0.3, -0.25) is 14.4 Å². The molecule has 0 aromatic carbocycles. The number of hydrogen-bond acceptors (Lipinski definition) is 6. The third kappa shape index (κ3) is 52.5. The third-order valence-corrected chi connectivity index (χ3v) is 12.6. The van der Waals surface area contributed by atoms with Crippen LogP contribution >= 0.6 is 0 Å². The number of hydrogen-bond donors (Lipinski definition) is 0. The molecule has 6 heteroatoms. The fourth-order valence-corrected chi connectivity index (χ4v) is 8.29. The van der Waals surface area contributed by atoms with Crippen LogP contribution < -0.4 is 0 Å². The van der Waals surface area contributed by atoms with E-state index in [4.69, 9.17) is 14.2 Å². The van der Waals surface area contributed by atoms with Crippen LogP contribution in [0.15, 0.2) is 36.5 Å². The standard InChI is InChI=1S/C59H108O6/c1-4-7-10-13-16-19-22-25-27-29-30-32-34-37-40-43-46-49-52-58(61)64-55-56(54-63-57(60)51-48-45-42-39-36-33-24-21-18-15-12-9-6-3)65-59(62)53-50-47-44-41-38-35-31-28-26-23-20-17-14-11-8-5-2/h20,23,27-29,31,56H,4-19,21-22,24-26,30,32-55H2,1-3H3/b23-20-,29-27-,31-28-. The molecule has 1 atom stereocenters. The van der Waals surface area contributed by atoms with Crippen molar-refractivity contribution in [2.75, 3.05) is 13.2 Å². The van der Waals surface area contributed by atoms with E-state index in [9.17, 15) is 14.4 Å². The lowest BCUT2D eigenvalue weighted by atomic mass is 10.0. The van der Waals surface area contributed by atoms with Crippen LogP contribution in [0, 0.1) is 0 Å². The minimum absolute atomic E-state index is 0.0758. The number of carbonyl (C=O) groups is 3. The van der Waals surface area contributed by atoms with E-state index in [1.807, 2.05) is 0 Å². The lowest BCUT2D eigenvalue weighted by Gasteiger charge is -2.18. The first-order valence-electron chi connectivity index (χ1n) is 28.5. The summed E-state index contributed by atoms with van der Waals surface area (Å²) in [5, 5.41) is 0. The predicted octanol–water partition coefficient (Wildman–Crippen LogP) is 18.9. The molecule has 0 fully saturated rings. The second-order valence-corrected chi connectivity index (χ2v) is 19.2. The van der Waals surface area contributed by atoms with E-state index in [0.29, 0.717) is 19.3 Å². The van der Waals surface area contributed by atoms with Gasteiger partial charge in [0.05, 0.1) is 0 Å². The van der Waals surface area contributed by atoms with Gasteiger partial charge in [-0.05, 0) is 77.0 Å². The van der Waals surface area contributed by atoms with Crippen molar-refractivity contribution >= 4 is 17.9 Å². The highest BCUT2D eigenvalue weighted by molar-refractivity contribution is 5.71. The minimum Gasteiger partial charge on any atom is -0.462 e. The molecule has 0 radical (unpaired) electrons. The van der Waals surface area contributed by atoms with Crippen molar-refractivity contribution in [1.82, 2.24) is 0 Å². The average Bonchev–Trinajstić information content (AvgIpc) is 3.30. The summed E-state index contributed by atoms with van der Waals surface area (Å²) in [7, 11) is 0. The maximum Gasteiger partial charge on any atom is 0.306 e. The molecule has 0 aliphatic rings. The van der Waals surface area contributed by atoms with Crippen molar-refractivity contribution in [3.63, 3.8) is 0 Å². The van der Waals surface area contributed by atoms with Gasteiger partial charge in [-0.15, -0.1) is 0 Å². The van der Waals surface area contributed by atoms with Crippen molar-refractivity contribution in [3.05, 3.63) is 36.5 Å². The van der Waals surface area contributed by atoms with E-state index in [-0.39, 0.29) is 31.1 Å². The summed E-state index contributed by atoms with van der Waals surface area (Å²) in [4.78, 5) is 38.1. The molecule has 0 rings (SSSR count). The summed E-state index contributed by atoms with van der Waals surface area (Å²) < 4.78 is 16.9. The van der Waals surface area contributed by atoms with Gasteiger partial charge in [0, 0.05) is 19.3 Å². The largest absolute Gasteiger partial charge is 0.462 e. The third-order valence-electron chi connectivity index (χ3n) is 12.6. The van der Waals surface area contributed by atoms with Crippen molar-refractivity contribution in [2.24, 2.45) is 0 Å². The zero-order chi connectivity index (χ0) is 47.2. The number of carbonyl (C=O) groups excluding carboxylic acids is 3. The Morgan fingerprint density at radius 3 is 0.877 bits per heavy atom. The zero-order valence-electron chi connectivity index (χ0n) is 43.5. The van der Waals surface area contributed by atoms with Gasteiger partial charge >= 0.3 is 17.9 Å². The molecule has 0 heterocycles. The van der Waals surface area contributed by atoms with Crippen LogP contribution in [0.5, 0.6) is 0 Å². The molecule has 0 aliphatic heterocycles. The smallest absolute Gasteiger partial charge is 0.306 e. The summed E-state index contributed by atoms with van der Waals surface area (Å²) in [5.41, 5.74) is 0. The van der Waals surface area contributed by atoms with Crippen LogP contribution in [-0.4, -0.2) is 37.2 Å². The van der Waals surface area contributed by atoms with Gasteiger partial charge < -0.3 is 14.2 Å². The molecule has 6 nitrogen and oxygen atoms in total. The monoisotopic (exact) mass is 913 g/mol. The molecule has 0 amide bonds. The van der Waals surface area contributed by atoms with E-state index in [2.05, 4.69) is 57.2 Å². The highest BCUT2D eigenvalue weighted by Gasteiger charge is 2.19. The predicted molar refractivity (Wildman–Crippen MR) is 279 cm³/mol. The van der Waals surface area contributed by atoms with E-state index in [0.717, 1.165) is 83.5 Å². The summed E-state index contributed by atoms with van der Waals surface area (Å²) >= 11 is 0. The molecule has 1 unspecified atom stereocenters. The van der Waals surface area contributed by atoms with Crippen molar-refractivity contribution in [1.29, 1.82) is 0 Å². The summed E-state index contributed by atoms with van der Waals surface area (Å²) in [6.07, 6.45) is 64.1. The zero-order valence-corrected chi connectivity index (χ0v) is 43.5. The van der Waals surface area contributed by atoms with Crippen LogP contribution in [0.25, 0.3) is 0 Å². The van der Waals surface area contributed by atoms with Crippen LogP contribution in [0.3, 0.4) is 0 Å². The molecular weight excluding hydrogens is 805 g/mol. The Balaban J connectivity index is 4.36.